The fourth-order valence-corrected chi connectivity index (χ4v) is 2.80. The standard InChI is InChI=1S/C22H17ClF4N4O2/c23-16-7-5-14(11-29-20(32)22(25,26)27)9-15(16)19(28)31-21(33)30-18-8-6-13(10-17(18)24)4-3-12-1-2-12/h5-10,12H,1-2,11H2,(H,29,32)(H3,28,30,31,33). The number of urea groups is 1. The smallest absolute Gasteiger partial charge is 0.383 e. The van der Waals surface area contributed by atoms with Crippen molar-refractivity contribution in [2.75, 3.05) is 5.32 Å². The molecule has 6 nitrogen and oxygen atoms in total. The Bertz CT molecular complexity index is 1180. The number of nitrogens with zero attached hydrogens (tertiary/aromatic N) is 1. The highest BCUT2D eigenvalue weighted by Gasteiger charge is 2.38. The van der Waals surface area contributed by atoms with Gasteiger partial charge in [0.1, 0.15) is 11.7 Å². The minimum absolute atomic E-state index is 0.0525. The number of halogens is 5. The van der Waals surface area contributed by atoms with Gasteiger partial charge in [-0.3, -0.25) is 4.79 Å². The molecule has 0 unspecified atom stereocenters. The van der Waals surface area contributed by atoms with Gasteiger partial charge in [0.05, 0.1) is 10.7 Å². The molecule has 0 saturated heterocycles. The first-order valence-electron chi connectivity index (χ1n) is 9.63. The zero-order chi connectivity index (χ0) is 24.2. The lowest BCUT2D eigenvalue weighted by Crippen LogP contribution is -2.36. The summed E-state index contributed by atoms with van der Waals surface area (Å²) in [5, 5.41) is 4.03. The van der Waals surface area contributed by atoms with E-state index >= 15 is 0 Å². The second-order valence-electron chi connectivity index (χ2n) is 7.16. The average molecular weight is 481 g/mol. The normalized spacial score (nSPS) is 13.7. The largest absolute Gasteiger partial charge is 0.471 e. The molecule has 0 aromatic heterocycles. The highest BCUT2D eigenvalue weighted by atomic mass is 35.5. The number of alkyl halides is 3. The van der Waals surface area contributed by atoms with Gasteiger partial charge in [-0.2, -0.15) is 18.2 Å². The van der Waals surface area contributed by atoms with Gasteiger partial charge >= 0.3 is 18.1 Å². The number of carbonyl (C=O) groups is 2. The second kappa shape index (κ2) is 9.92. The minimum Gasteiger partial charge on any atom is -0.383 e. The number of anilines is 1. The molecule has 1 aliphatic rings. The third kappa shape index (κ3) is 6.95. The maximum atomic E-state index is 14.3. The molecule has 0 radical (unpaired) electrons. The van der Waals surface area contributed by atoms with E-state index in [0.29, 0.717) is 11.5 Å². The van der Waals surface area contributed by atoms with Crippen molar-refractivity contribution in [3.05, 3.63) is 63.9 Å². The Balaban J connectivity index is 1.68. The van der Waals surface area contributed by atoms with Crippen LogP contribution in [0.5, 0.6) is 0 Å². The van der Waals surface area contributed by atoms with Crippen LogP contribution in [-0.2, 0) is 11.3 Å². The maximum Gasteiger partial charge on any atom is 0.471 e. The van der Waals surface area contributed by atoms with E-state index in [9.17, 15) is 27.2 Å². The van der Waals surface area contributed by atoms with Crippen LogP contribution >= 0.6 is 11.6 Å². The first-order chi connectivity index (χ1) is 15.5. The zero-order valence-corrected chi connectivity index (χ0v) is 17.6. The summed E-state index contributed by atoms with van der Waals surface area (Å²) in [6, 6.07) is 7.07. The van der Waals surface area contributed by atoms with Crippen LogP contribution in [0.15, 0.2) is 41.4 Å². The van der Waals surface area contributed by atoms with Gasteiger partial charge in [-0.15, -0.1) is 0 Å². The van der Waals surface area contributed by atoms with Gasteiger partial charge < -0.3 is 16.4 Å². The number of hydrogen-bond acceptors (Lipinski definition) is 2. The molecule has 172 valence electrons. The first kappa shape index (κ1) is 24.1. The van der Waals surface area contributed by atoms with Gasteiger partial charge in [-0.05, 0) is 48.7 Å². The molecule has 3 amide bonds. The predicted octanol–water partition coefficient (Wildman–Crippen LogP) is 4.36. The van der Waals surface area contributed by atoms with Crippen molar-refractivity contribution in [2.45, 2.75) is 25.6 Å². The predicted molar refractivity (Wildman–Crippen MR) is 115 cm³/mol. The number of hydrogen-bond donors (Lipinski definition) is 3. The number of amidine groups is 1. The van der Waals surface area contributed by atoms with Crippen LogP contribution in [0, 0.1) is 23.6 Å². The first-order valence-corrected chi connectivity index (χ1v) is 10.0. The molecular formula is C22H17ClF4N4O2. The van der Waals surface area contributed by atoms with Crippen LogP contribution in [0.1, 0.15) is 29.5 Å². The fourth-order valence-electron chi connectivity index (χ4n) is 2.58. The van der Waals surface area contributed by atoms with E-state index in [-0.39, 0.29) is 27.7 Å². The van der Waals surface area contributed by atoms with Gasteiger partial charge in [0, 0.05) is 23.6 Å². The van der Waals surface area contributed by atoms with Crippen LogP contribution in [0.25, 0.3) is 0 Å². The van der Waals surface area contributed by atoms with Crippen molar-refractivity contribution in [3.8, 4) is 11.8 Å². The van der Waals surface area contributed by atoms with Crippen molar-refractivity contribution in [1.82, 2.24) is 5.32 Å². The number of rotatable bonds is 4. The summed E-state index contributed by atoms with van der Waals surface area (Å²) in [6.45, 7) is -0.455. The number of aliphatic imine (C=N–C) groups is 1. The molecule has 1 fully saturated rings. The van der Waals surface area contributed by atoms with E-state index in [1.807, 2.05) is 0 Å². The summed E-state index contributed by atoms with van der Waals surface area (Å²) in [5.74, 6) is 3.06. The fraction of sp³-hybridized carbons (Fsp3) is 0.227. The Morgan fingerprint density at radius 3 is 2.55 bits per heavy atom. The highest BCUT2D eigenvalue weighted by Crippen LogP contribution is 2.27. The lowest BCUT2D eigenvalue weighted by atomic mass is 10.1. The van der Waals surface area contributed by atoms with E-state index in [4.69, 9.17) is 17.3 Å². The van der Waals surface area contributed by atoms with Crippen molar-refractivity contribution in [2.24, 2.45) is 16.6 Å². The molecule has 0 atom stereocenters. The summed E-state index contributed by atoms with van der Waals surface area (Å²) < 4.78 is 51.2. The van der Waals surface area contributed by atoms with E-state index in [2.05, 4.69) is 22.2 Å². The molecule has 2 aromatic carbocycles. The summed E-state index contributed by atoms with van der Waals surface area (Å²) >= 11 is 6.04. The van der Waals surface area contributed by atoms with E-state index in [1.54, 1.807) is 11.4 Å². The SMILES string of the molecule is N/C(=N\C(=O)Nc1ccc(C#CC2CC2)cc1F)c1cc(CNC(=O)C(F)(F)F)ccc1Cl. The van der Waals surface area contributed by atoms with Crippen LogP contribution in [-0.4, -0.2) is 24.0 Å². The molecule has 33 heavy (non-hydrogen) atoms. The van der Waals surface area contributed by atoms with Crippen LogP contribution in [0.3, 0.4) is 0 Å². The third-order valence-electron chi connectivity index (χ3n) is 4.45. The molecule has 0 bridgehead atoms. The molecule has 0 spiro atoms. The van der Waals surface area contributed by atoms with Gasteiger partial charge in [0.2, 0.25) is 0 Å². The lowest BCUT2D eigenvalue weighted by Gasteiger charge is -2.10. The van der Waals surface area contributed by atoms with Gasteiger partial charge in [-0.25, -0.2) is 9.18 Å². The Hall–Kier alpha value is -3.58. The monoisotopic (exact) mass is 480 g/mol. The van der Waals surface area contributed by atoms with E-state index in [0.717, 1.165) is 12.8 Å². The average Bonchev–Trinajstić information content (AvgIpc) is 3.57. The molecule has 0 heterocycles. The Morgan fingerprint density at radius 2 is 1.91 bits per heavy atom. The van der Waals surface area contributed by atoms with Gasteiger partial charge in [0.25, 0.3) is 0 Å². The molecule has 3 rings (SSSR count). The molecule has 0 aliphatic heterocycles. The van der Waals surface area contributed by atoms with Crippen molar-refractivity contribution < 1.29 is 27.2 Å². The number of carbonyl (C=O) groups excluding carboxylic acids is 2. The molecule has 2 aromatic rings. The van der Waals surface area contributed by atoms with Crippen LogP contribution in [0.4, 0.5) is 28.0 Å². The number of nitrogens with two attached hydrogens (primary N) is 1. The van der Waals surface area contributed by atoms with Crippen molar-refractivity contribution >= 4 is 35.1 Å². The third-order valence-corrected chi connectivity index (χ3v) is 4.78. The highest BCUT2D eigenvalue weighted by molar-refractivity contribution is 6.34. The lowest BCUT2D eigenvalue weighted by molar-refractivity contribution is -0.173. The molecule has 1 saturated carbocycles. The Morgan fingerprint density at radius 1 is 1.18 bits per heavy atom. The minimum atomic E-state index is -5.02. The summed E-state index contributed by atoms with van der Waals surface area (Å²) in [4.78, 5) is 26.7. The Labute approximate surface area is 191 Å². The number of amides is 3. The van der Waals surface area contributed by atoms with Crippen LogP contribution in [0.2, 0.25) is 5.02 Å². The second-order valence-corrected chi connectivity index (χ2v) is 7.57. The molecule has 11 heteroatoms. The molecule has 4 N–H and O–H groups in total. The topological polar surface area (TPSA) is 96.6 Å². The van der Waals surface area contributed by atoms with Crippen molar-refractivity contribution in [1.29, 1.82) is 0 Å². The van der Waals surface area contributed by atoms with Gasteiger partial charge in [-0.1, -0.05) is 29.5 Å². The maximum absolute atomic E-state index is 14.3. The zero-order valence-electron chi connectivity index (χ0n) is 16.9. The van der Waals surface area contributed by atoms with Crippen LogP contribution < -0.4 is 16.4 Å². The Kier molecular flexibility index (Phi) is 7.23. The van der Waals surface area contributed by atoms with Gasteiger partial charge in [0.15, 0.2) is 0 Å². The molecule has 1 aliphatic carbocycles. The number of nitrogens with one attached hydrogen (secondary N) is 2. The van der Waals surface area contributed by atoms with E-state index in [1.165, 1.54) is 30.3 Å². The summed E-state index contributed by atoms with van der Waals surface area (Å²) in [6.07, 6.45) is -2.94. The summed E-state index contributed by atoms with van der Waals surface area (Å²) in [7, 11) is 0. The number of benzene rings is 2. The quantitative estimate of drug-likeness (QED) is 0.262. The molecular weight excluding hydrogens is 464 g/mol. The summed E-state index contributed by atoms with van der Waals surface area (Å²) in [5.41, 5.74) is 6.43. The van der Waals surface area contributed by atoms with E-state index < -0.39 is 30.5 Å². The van der Waals surface area contributed by atoms with Crippen molar-refractivity contribution in [3.63, 3.8) is 0 Å².